The predicted octanol–water partition coefficient (Wildman–Crippen LogP) is 3.43. The Bertz CT molecular complexity index is 584. The van der Waals surface area contributed by atoms with Crippen LogP contribution in [-0.4, -0.2) is 30.3 Å². The van der Waals surface area contributed by atoms with Crippen LogP contribution in [0.25, 0.3) is 0 Å². The first-order valence-corrected chi connectivity index (χ1v) is 9.34. The van der Waals surface area contributed by atoms with Gasteiger partial charge in [-0.1, -0.05) is 41.4 Å². The van der Waals surface area contributed by atoms with Gasteiger partial charge in [0, 0.05) is 23.2 Å². The molecule has 0 heterocycles. The highest BCUT2D eigenvalue weighted by Gasteiger charge is 2.22. The fourth-order valence-corrected chi connectivity index (χ4v) is 2.72. The molecule has 6 heteroatoms. The van der Waals surface area contributed by atoms with Crippen molar-refractivity contribution in [3.05, 3.63) is 34.3 Å². The highest BCUT2D eigenvalue weighted by Crippen LogP contribution is 2.16. The molecule has 0 radical (unpaired) electrons. The van der Waals surface area contributed by atoms with E-state index in [1.807, 2.05) is 31.2 Å². The summed E-state index contributed by atoms with van der Waals surface area (Å²) in [5, 5.41) is 2.58. The van der Waals surface area contributed by atoms with Crippen molar-refractivity contribution < 1.29 is 19.1 Å². The minimum Gasteiger partial charge on any atom is -0.462 e. The minimum absolute atomic E-state index is 0.0145. The van der Waals surface area contributed by atoms with Crippen molar-refractivity contribution in [3.63, 3.8) is 0 Å². The van der Waals surface area contributed by atoms with Crippen molar-refractivity contribution in [2.24, 2.45) is 5.92 Å². The third-order valence-corrected chi connectivity index (χ3v) is 4.10. The highest BCUT2D eigenvalue weighted by atomic mass is 79.9. The average Bonchev–Trinajstić information content (AvgIpc) is 2.53. The van der Waals surface area contributed by atoms with Crippen molar-refractivity contribution in [1.82, 2.24) is 5.32 Å². The highest BCUT2D eigenvalue weighted by molar-refractivity contribution is 9.10. The van der Waals surface area contributed by atoms with Gasteiger partial charge in [-0.3, -0.25) is 14.4 Å². The van der Waals surface area contributed by atoms with Crippen LogP contribution in [-0.2, 0) is 25.5 Å². The molecule has 0 aliphatic carbocycles. The summed E-state index contributed by atoms with van der Waals surface area (Å²) in [6.07, 6.45) is 1.66. The van der Waals surface area contributed by atoms with E-state index in [0.717, 1.165) is 16.5 Å². The molecule has 25 heavy (non-hydrogen) atoms. The normalized spacial score (nSPS) is 11.9. The van der Waals surface area contributed by atoms with Gasteiger partial charge in [-0.15, -0.1) is 0 Å². The number of carbonyl (C=O) groups excluding carboxylic acids is 3. The van der Waals surface area contributed by atoms with Crippen LogP contribution >= 0.6 is 15.9 Å². The first kappa shape index (κ1) is 21.4. The molecule has 1 aromatic carbocycles. The van der Waals surface area contributed by atoms with E-state index in [-0.39, 0.29) is 30.8 Å². The fourth-order valence-electron chi connectivity index (χ4n) is 2.46. The summed E-state index contributed by atoms with van der Waals surface area (Å²) in [4.78, 5) is 36.1. The van der Waals surface area contributed by atoms with Gasteiger partial charge in [-0.2, -0.15) is 0 Å². The molecular weight excluding hydrogens is 386 g/mol. The van der Waals surface area contributed by atoms with Crippen LogP contribution in [0.2, 0.25) is 0 Å². The smallest absolute Gasteiger partial charge is 0.325 e. The Morgan fingerprint density at radius 1 is 1.16 bits per heavy atom. The molecule has 1 N–H and O–H groups in total. The quantitative estimate of drug-likeness (QED) is 0.598. The molecule has 0 saturated carbocycles. The summed E-state index contributed by atoms with van der Waals surface area (Å²) in [6.45, 7) is 5.30. The molecule has 0 fully saturated rings. The van der Waals surface area contributed by atoms with Crippen molar-refractivity contribution in [2.75, 3.05) is 6.54 Å². The molecule has 0 aliphatic heterocycles. The first-order valence-electron chi connectivity index (χ1n) is 8.55. The number of esters is 1. The minimum atomic E-state index is -0.472. The molecule has 1 amide bonds. The molecule has 5 nitrogen and oxygen atoms in total. The number of amides is 1. The van der Waals surface area contributed by atoms with Gasteiger partial charge in [0.2, 0.25) is 5.91 Å². The summed E-state index contributed by atoms with van der Waals surface area (Å²) in [6, 6.07) is 7.55. The molecule has 1 rings (SSSR count). The lowest BCUT2D eigenvalue weighted by atomic mass is 9.94. The summed E-state index contributed by atoms with van der Waals surface area (Å²) in [5.41, 5.74) is 0.921. The second kappa shape index (κ2) is 11.0. The molecule has 0 aromatic heterocycles. The van der Waals surface area contributed by atoms with Crippen LogP contribution in [0.4, 0.5) is 0 Å². The van der Waals surface area contributed by atoms with Crippen molar-refractivity contribution >= 4 is 33.6 Å². The summed E-state index contributed by atoms with van der Waals surface area (Å²) in [5.74, 6) is -1.15. The number of carbonyl (C=O) groups is 3. The zero-order valence-corrected chi connectivity index (χ0v) is 16.6. The Balaban J connectivity index is 2.53. The summed E-state index contributed by atoms with van der Waals surface area (Å²) >= 11 is 3.36. The zero-order valence-electron chi connectivity index (χ0n) is 15.0. The molecule has 0 aliphatic rings. The maximum absolute atomic E-state index is 12.3. The van der Waals surface area contributed by atoms with Crippen molar-refractivity contribution in [3.8, 4) is 0 Å². The Kier molecular flexibility index (Phi) is 9.42. The van der Waals surface area contributed by atoms with Crippen LogP contribution in [0.3, 0.4) is 0 Å². The lowest BCUT2D eigenvalue weighted by Crippen LogP contribution is -2.37. The Labute approximate surface area is 157 Å². The lowest BCUT2D eigenvalue weighted by molar-refractivity contribution is -0.147. The fraction of sp³-hybridized carbons (Fsp3) is 0.526. The van der Waals surface area contributed by atoms with Gasteiger partial charge in [0.15, 0.2) is 0 Å². The van der Waals surface area contributed by atoms with Crippen molar-refractivity contribution in [2.45, 2.75) is 52.6 Å². The van der Waals surface area contributed by atoms with Crippen LogP contribution in [0.5, 0.6) is 0 Å². The van der Waals surface area contributed by atoms with Crippen LogP contribution in [0, 0.1) is 5.92 Å². The topological polar surface area (TPSA) is 72.5 Å². The van der Waals surface area contributed by atoms with Gasteiger partial charge in [-0.05, 0) is 38.0 Å². The average molecular weight is 412 g/mol. The van der Waals surface area contributed by atoms with Gasteiger partial charge < -0.3 is 10.1 Å². The lowest BCUT2D eigenvalue weighted by Gasteiger charge is -2.16. The third-order valence-electron chi connectivity index (χ3n) is 3.57. The summed E-state index contributed by atoms with van der Waals surface area (Å²) < 4.78 is 5.94. The second-order valence-corrected chi connectivity index (χ2v) is 7.20. The van der Waals surface area contributed by atoms with E-state index >= 15 is 0 Å². The van der Waals surface area contributed by atoms with Gasteiger partial charge in [0.1, 0.15) is 12.3 Å². The van der Waals surface area contributed by atoms with Gasteiger partial charge in [0.25, 0.3) is 0 Å². The number of ketones is 1. The number of halogens is 1. The van der Waals surface area contributed by atoms with E-state index in [1.165, 1.54) is 0 Å². The van der Waals surface area contributed by atoms with E-state index in [4.69, 9.17) is 4.74 Å². The molecule has 138 valence electrons. The number of hydrogen-bond acceptors (Lipinski definition) is 4. The SMILES string of the molecule is CCC[C@H](CC(=O)Cc1ccc(Br)cc1)C(=O)NCC(=O)OC(C)C. The Morgan fingerprint density at radius 2 is 1.80 bits per heavy atom. The van der Waals surface area contributed by atoms with Crippen LogP contribution in [0.1, 0.15) is 45.6 Å². The molecule has 0 saturated heterocycles. The molecule has 1 aromatic rings. The maximum Gasteiger partial charge on any atom is 0.325 e. The van der Waals surface area contributed by atoms with E-state index < -0.39 is 11.9 Å². The van der Waals surface area contributed by atoms with Crippen LogP contribution < -0.4 is 5.32 Å². The molecular formula is C19H26BrNO4. The van der Waals surface area contributed by atoms with Gasteiger partial charge >= 0.3 is 5.97 Å². The van der Waals surface area contributed by atoms with Crippen LogP contribution in [0.15, 0.2) is 28.7 Å². The molecule has 0 unspecified atom stereocenters. The van der Waals surface area contributed by atoms with Gasteiger partial charge in [-0.25, -0.2) is 0 Å². The van der Waals surface area contributed by atoms with E-state index in [1.54, 1.807) is 13.8 Å². The third kappa shape index (κ3) is 8.82. The monoisotopic (exact) mass is 411 g/mol. The molecule has 0 spiro atoms. The second-order valence-electron chi connectivity index (χ2n) is 6.29. The standard InChI is InChI=1S/C19H26BrNO4/c1-4-5-15(19(24)21-12-18(23)25-13(2)3)11-17(22)10-14-6-8-16(20)9-7-14/h6-9,13,15H,4-5,10-12H2,1-3H3,(H,21,24)/t15-/m1/s1. The molecule has 0 bridgehead atoms. The largest absolute Gasteiger partial charge is 0.462 e. The maximum atomic E-state index is 12.3. The zero-order chi connectivity index (χ0) is 18.8. The molecule has 1 atom stereocenters. The van der Waals surface area contributed by atoms with E-state index in [2.05, 4.69) is 21.2 Å². The Hall–Kier alpha value is -1.69. The van der Waals surface area contributed by atoms with Gasteiger partial charge in [0.05, 0.1) is 6.10 Å². The number of nitrogens with one attached hydrogen (secondary N) is 1. The first-order chi connectivity index (χ1) is 11.8. The Morgan fingerprint density at radius 3 is 2.36 bits per heavy atom. The van der Waals surface area contributed by atoms with Crippen molar-refractivity contribution in [1.29, 1.82) is 0 Å². The summed E-state index contributed by atoms with van der Waals surface area (Å²) in [7, 11) is 0. The predicted molar refractivity (Wildman–Crippen MR) is 100 cm³/mol. The number of ether oxygens (including phenoxy) is 1. The number of benzene rings is 1. The number of rotatable bonds is 10. The van der Waals surface area contributed by atoms with E-state index in [9.17, 15) is 14.4 Å². The van der Waals surface area contributed by atoms with E-state index in [0.29, 0.717) is 12.8 Å². The number of hydrogen-bond donors (Lipinski definition) is 1. The number of Topliss-reactive ketones (excluding diaryl/α,β-unsaturated/α-hetero) is 1.